The molecule has 0 aromatic heterocycles. The molecule has 0 aliphatic heterocycles. The van der Waals surface area contributed by atoms with Gasteiger partial charge >= 0.3 is 0 Å². The Morgan fingerprint density at radius 1 is 1.41 bits per heavy atom. The highest BCUT2D eigenvalue weighted by molar-refractivity contribution is 5.83. The summed E-state index contributed by atoms with van der Waals surface area (Å²) in [5, 5.41) is 2.96. The van der Waals surface area contributed by atoms with Gasteiger partial charge in [-0.2, -0.15) is 0 Å². The van der Waals surface area contributed by atoms with Gasteiger partial charge in [0.2, 0.25) is 5.91 Å². The van der Waals surface area contributed by atoms with Gasteiger partial charge in [0.25, 0.3) is 0 Å². The van der Waals surface area contributed by atoms with Gasteiger partial charge in [0.05, 0.1) is 5.92 Å². The molecule has 94 valence electrons. The molecule has 0 saturated heterocycles. The molecule has 1 atom stereocenters. The van der Waals surface area contributed by atoms with Gasteiger partial charge < -0.3 is 11.1 Å². The maximum Gasteiger partial charge on any atom is 0.227 e. The van der Waals surface area contributed by atoms with Crippen molar-refractivity contribution < 1.29 is 4.79 Å². The SMILES string of the molecule is CCCCCNC(=O)C(C)c1cccc(N)c1. The number of amides is 1. The molecule has 1 unspecified atom stereocenters. The Morgan fingerprint density at radius 2 is 2.18 bits per heavy atom. The average Bonchev–Trinajstić information content (AvgIpc) is 2.33. The normalized spacial score (nSPS) is 12.1. The second kappa shape index (κ2) is 6.94. The van der Waals surface area contributed by atoms with Crippen LogP contribution in [0.5, 0.6) is 0 Å². The molecule has 0 saturated carbocycles. The van der Waals surface area contributed by atoms with E-state index in [9.17, 15) is 4.79 Å². The van der Waals surface area contributed by atoms with E-state index >= 15 is 0 Å². The molecule has 1 rings (SSSR count). The third-order valence-corrected chi connectivity index (χ3v) is 2.88. The lowest BCUT2D eigenvalue weighted by Crippen LogP contribution is -2.28. The van der Waals surface area contributed by atoms with Gasteiger partial charge in [-0.15, -0.1) is 0 Å². The number of rotatable bonds is 6. The number of carbonyl (C=O) groups is 1. The van der Waals surface area contributed by atoms with Crippen molar-refractivity contribution in [2.45, 2.75) is 39.0 Å². The van der Waals surface area contributed by atoms with E-state index in [0.29, 0.717) is 5.69 Å². The van der Waals surface area contributed by atoms with Crippen molar-refractivity contribution in [1.29, 1.82) is 0 Å². The maximum absolute atomic E-state index is 11.9. The van der Waals surface area contributed by atoms with Crippen LogP contribution in [0.3, 0.4) is 0 Å². The lowest BCUT2D eigenvalue weighted by atomic mass is 10.00. The number of anilines is 1. The van der Waals surface area contributed by atoms with Crippen LogP contribution < -0.4 is 11.1 Å². The molecular formula is C14H22N2O. The monoisotopic (exact) mass is 234 g/mol. The van der Waals surface area contributed by atoms with Gasteiger partial charge in [-0.25, -0.2) is 0 Å². The first-order chi connectivity index (χ1) is 8.15. The third kappa shape index (κ3) is 4.47. The van der Waals surface area contributed by atoms with E-state index in [-0.39, 0.29) is 11.8 Å². The lowest BCUT2D eigenvalue weighted by molar-refractivity contribution is -0.122. The Balaban J connectivity index is 2.46. The van der Waals surface area contributed by atoms with E-state index in [2.05, 4.69) is 12.2 Å². The van der Waals surface area contributed by atoms with E-state index in [1.807, 2.05) is 31.2 Å². The fraction of sp³-hybridized carbons (Fsp3) is 0.500. The smallest absolute Gasteiger partial charge is 0.227 e. The highest BCUT2D eigenvalue weighted by Gasteiger charge is 2.14. The first kappa shape index (κ1) is 13.6. The summed E-state index contributed by atoms with van der Waals surface area (Å²) < 4.78 is 0. The zero-order valence-electron chi connectivity index (χ0n) is 10.7. The molecule has 0 heterocycles. The Hall–Kier alpha value is -1.51. The van der Waals surface area contributed by atoms with E-state index in [4.69, 9.17) is 5.73 Å². The molecule has 1 amide bonds. The summed E-state index contributed by atoms with van der Waals surface area (Å²) >= 11 is 0. The van der Waals surface area contributed by atoms with Crippen LogP contribution in [0.2, 0.25) is 0 Å². The second-order valence-corrected chi connectivity index (χ2v) is 4.39. The number of hydrogen-bond donors (Lipinski definition) is 2. The zero-order valence-corrected chi connectivity index (χ0v) is 10.7. The van der Waals surface area contributed by atoms with Gasteiger partial charge in [0.1, 0.15) is 0 Å². The van der Waals surface area contributed by atoms with Crippen molar-refractivity contribution in [2.24, 2.45) is 0 Å². The summed E-state index contributed by atoms with van der Waals surface area (Å²) in [6.07, 6.45) is 3.37. The van der Waals surface area contributed by atoms with Crippen LogP contribution in [-0.4, -0.2) is 12.5 Å². The maximum atomic E-state index is 11.9. The zero-order chi connectivity index (χ0) is 12.7. The standard InChI is InChI=1S/C14H22N2O/c1-3-4-5-9-16-14(17)11(2)12-7-6-8-13(15)10-12/h6-8,10-11H,3-5,9,15H2,1-2H3,(H,16,17). The molecule has 0 radical (unpaired) electrons. The summed E-state index contributed by atoms with van der Waals surface area (Å²) in [4.78, 5) is 11.9. The van der Waals surface area contributed by atoms with Crippen LogP contribution in [-0.2, 0) is 4.79 Å². The highest BCUT2D eigenvalue weighted by atomic mass is 16.1. The van der Waals surface area contributed by atoms with Crippen LogP contribution in [0.25, 0.3) is 0 Å². The third-order valence-electron chi connectivity index (χ3n) is 2.88. The van der Waals surface area contributed by atoms with Gasteiger partial charge in [-0.3, -0.25) is 4.79 Å². The van der Waals surface area contributed by atoms with Gasteiger partial charge in [0, 0.05) is 12.2 Å². The number of nitrogens with two attached hydrogens (primary N) is 1. The number of benzene rings is 1. The van der Waals surface area contributed by atoms with Crippen LogP contribution in [0.15, 0.2) is 24.3 Å². The largest absolute Gasteiger partial charge is 0.399 e. The Morgan fingerprint density at radius 3 is 2.82 bits per heavy atom. The van der Waals surface area contributed by atoms with Crippen molar-refractivity contribution in [3.63, 3.8) is 0 Å². The quantitative estimate of drug-likeness (QED) is 0.587. The van der Waals surface area contributed by atoms with E-state index in [1.165, 1.54) is 6.42 Å². The van der Waals surface area contributed by atoms with Crippen molar-refractivity contribution in [3.8, 4) is 0 Å². The minimum absolute atomic E-state index is 0.0757. The summed E-state index contributed by atoms with van der Waals surface area (Å²) in [5.74, 6) is -0.0631. The summed E-state index contributed by atoms with van der Waals surface area (Å²) in [7, 11) is 0. The molecule has 3 nitrogen and oxygen atoms in total. The minimum Gasteiger partial charge on any atom is -0.399 e. The van der Waals surface area contributed by atoms with Crippen LogP contribution in [0.1, 0.15) is 44.6 Å². The van der Waals surface area contributed by atoms with E-state index < -0.39 is 0 Å². The molecule has 0 fully saturated rings. The van der Waals surface area contributed by atoms with Crippen molar-refractivity contribution in [1.82, 2.24) is 5.32 Å². The number of unbranched alkanes of at least 4 members (excludes halogenated alkanes) is 2. The molecule has 1 aromatic carbocycles. The highest BCUT2D eigenvalue weighted by Crippen LogP contribution is 2.17. The molecule has 3 heteroatoms. The Labute approximate surface area is 103 Å². The first-order valence-electron chi connectivity index (χ1n) is 6.28. The van der Waals surface area contributed by atoms with Gasteiger partial charge in [-0.1, -0.05) is 31.9 Å². The molecule has 0 aliphatic rings. The van der Waals surface area contributed by atoms with Crippen LogP contribution in [0, 0.1) is 0 Å². The number of nitrogen functional groups attached to an aromatic ring is 1. The molecule has 1 aromatic rings. The summed E-state index contributed by atoms with van der Waals surface area (Å²) in [6, 6.07) is 7.50. The fourth-order valence-electron chi connectivity index (χ4n) is 1.72. The summed E-state index contributed by atoms with van der Waals surface area (Å²) in [5.41, 5.74) is 7.38. The molecule has 0 bridgehead atoms. The van der Waals surface area contributed by atoms with Crippen molar-refractivity contribution in [2.75, 3.05) is 12.3 Å². The van der Waals surface area contributed by atoms with E-state index in [0.717, 1.165) is 24.9 Å². The van der Waals surface area contributed by atoms with Crippen molar-refractivity contribution in [3.05, 3.63) is 29.8 Å². The summed E-state index contributed by atoms with van der Waals surface area (Å²) in [6.45, 7) is 4.82. The van der Waals surface area contributed by atoms with Crippen molar-refractivity contribution >= 4 is 11.6 Å². The molecule has 17 heavy (non-hydrogen) atoms. The number of hydrogen-bond acceptors (Lipinski definition) is 2. The van der Waals surface area contributed by atoms with Gasteiger partial charge in [0.15, 0.2) is 0 Å². The number of carbonyl (C=O) groups excluding carboxylic acids is 1. The fourth-order valence-corrected chi connectivity index (χ4v) is 1.72. The van der Waals surface area contributed by atoms with Crippen LogP contribution in [0.4, 0.5) is 5.69 Å². The first-order valence-corrected chi connectivity index (χ1v) is 6.28. The predicted octanol–water partition coefficient (Wildman–Crippen LogP) is 2.68. The number of nitrogens with one attached hydrogen (secondary N) is 1. The lowest BCUT2D eigenvalue weighted by Gasteiger charge is -2.12. The molecular weight excluding hydrogens is 212 g/mol. The average molecular weight is 234 g/mol. The van der Waals surface area contributed by atoms with Gasteiger partial charge in [-0.05, 0) is 31.0 Å². The Bertz CT molecular complexity index is 363. The Kier molecular flexibility index (Phi) is 5.53. The molecule has 3 N–H and O–H groups in total. The van der Waals surface area contributed by atoms with Crippen LogP contribution >= 0.6 is 0 Å². The second-order valence-electron chi connectivity index (χ2n) is 4.39. The van der Waals surface area contributed by atoms with E-state index in [1.54, 1.807) is 0 Å². The topological polar surface area (TPSA) is 55.1 Å². The molecule has 0 aliphatic carbocycles. The predicted molar refractivity (Wildman–Crippen MR) is 71.8 cm³/mol. The molecule has 0 spiro atoms. The minimum atomic E-state index is -0.139.